The van der Waals surface area contributed by atoms with E-state index in [2.05, 4.69) is 0 Å². The highest BCUT2D eigenvalue weighted by Gasteiger charge is 2.29. The van der Waals surface area contributed by atoms with Gasteiger partial charge in [0.15, 0.2) is 0 Å². The van der Waals surface area contributed by atoms with Crippen molar-refractivity contribution in [3.63, 3.8) is 0 Å². The number of hydrogen-bond donors (Lipinski definition) is 0. The van der Waals surface area contributed by atoms with Gasteiger partial charge >= 0.3 is 0 Å². The lowest BCUT2D eigenvalue weighted by molar-refractivity contribution is -0.384. The summed E-state index contributed by atoms with van der Waals surface area (Å²) in [4.78, 5) is 13.9. The van der Waals surface area contributed by atoms with Crippen molar-refractivity contribution in [2.24, 2.45) is 0 Å². The van der Waals surface area contributed by atoms with E-state index in [1.165, 1.54) is 22.5 Å². The number of thiophene rings is 1. The maximum atomic E-state index is 12.8. The van der Waals surface area contributed by atoms with Gasteiger partial charge in [0.2, 0.25) is 10.0 Å². The van der Waals surface area contributed by atoms with Crippen LogP contribution in [0.5, 0.6) is 0 Å². The normalized spacial score (nSPS) is 15.7. The SMILES string of the molecule is CN(Cc1cccs1)c1ccc(S(=O)(=O)N2CCCCC2)cc1[N+](=O)[O-]. The molecule has 0 spiro atoms. The predicted octanol–water partition coefficient (Wildman–Crippen LogP) is 3.47. The number of piperidine rings is 1. The summed E-state index contributed by atoms with van der Waals surface area (Å²) in [6.45, 7) is 1.46. The molecular formula is C17H21N3O4S2. The van der Waals surface area contributed by atoms with E-state index in [1.807, 2.05) is 17.5 Å². The summed E-state index contributed by atoms with van der Waals surface area (Å²) >= 11 is 1.57. The summed E-state index contributed by atoms with van der Waals surface area (Å²) in [5, 5.41) is 13.5. The van der Waals surface area contributed by atoms with Gasteiger partial charge in [-0.1, -0.05) is 12.5 Å². The third kappa shape index (κ3) is 3.89. The Morgan fingerprint density at radius 2 is 1.96 bits per heavy atom. The van der Waals surface area contributed by atoms with Crippen LogP contribution in [0.2, 0.25) is 0 Å². The van der Waals surface area contributed by atoms with E-state index >= 15 is 0 Å². The average Bonchev–Trinajstić information content (AvgIpc) is 3.14. The van der Waals surface area contributed by atoms with Crippen molar-refractivity contribution in [1.29, 1.82) is 0 Å². The Morgan fingerprint density at radius 1 is 1.23 bits per heavy atom. The fourth-order valence-corrected chi connectivity index (χ4v) is 5.40. The molecule has 1 aliphatic rings. The molecule has 140 valence electrons. The van der Waals surface area contributed by atoms with Crippen molar-refractivity contribution in [2.45, 2.75) is 30.7 Å². The van der Waals surface area contributed by atoms with Crippen LogP contribution in [0.25, 0.3) is 0 Å². The van der Waals surface area contributed by atoms with Gasteiger partial charge in [0.05, 0.1) is 16.4 Å². The van der Waals surface area contributed by atoms with E-state index in [4.69, 9.17) is 0 Å². The smallest absolute Gasteiger partial charge is 0.293 e. The first-order chi connectivity index (χ1) is 12.4. The topological polar surface area (TPSA) is 83.8 Å². The van der Waals surface area contributed by atoms with Gasteiger partial charge < -0.3 is 4.90 Å². The number of nitro groups is 1. The molecule has 0 saturated carbocycles. The van der Waals surface area contributed by atoms with E-state index in [9.17, 15) is 18.5 Å². The fourth-order valence-electron chi connectivity index (χ4n) is 3.11. The molecule has 2 heterocycles. The lowest BCUT2D eigenvalue weighted by Crippen LogP contribution is -2.35. The summed E-state index contributed by atoms with van der Waals surface area (Å²) in [5.41, 5.74) is 0.211. The Morgan fingerprint density at radius 3 is 2.58 bits per heavy atom. The lowest BCUT2D eigenvalue weighted by Gasteiger charge is -2.26. The molecule has 1 fully saturated rings. The Kier molecular flexibility index (Phi) is 5.59. The van der Waals surface area contributed by atoms with Gasteiger partial charge in [-0.3, -0.25) is 10.1 Å². The summed E-state index contributed by atoms with van der Waals surface area (Å²) in [6.07, 6.45) is 2.66. The lowest BCUT2D eigenvalue weighted by atomic mass is 10.2. The quantitative estimate of drug-likeness (QED) is 0.552. The molecule has 1 aliphatic heterocycles. The summed E-state index contributed by atoms with van der Waals surface area (Å²) in [5.74, 6) is 0. The zero-order valence-electron chi connectivity index (χ0n) is 14.5. The molecule has 0 N–H and O–H groups in total. The van der Waals surface area contributed by atoms with E-state index in [1.54, 1.807) is 23.3 Å². The molecular weight excluding hydrogens is 374 g/mol. The van der Waals surface area contributed by atoms with Crippen LogP contribution in [0.1, 0.15) is 24.1 Å². The molecule has 9 heteroatoms. The van der Waals surface area contributed by atoms with Gasteiger partial charge in [0, 0.05) is 31.1 Å². The molecule has 1 saturated heterocycles. The van der Waals surface area contributed by atoms with Crippen LogP contribution in [0.3, 0.4) is 0 Å². The number of sulfonamides is 1. The molecule has 0 bridgehead atoms. The second kappa shape index (κ2) is 7.73. The maximum Gasteiger partial charge on any atom is 0.293 e. The van der Waals surface area contributed by atoms with Crippen LogP contribution in [-0.2, 0) is 16.6 Å². The summed E-state index contributed by atoms with van der Waals surface area (Å²) < 4.78 is 27.0. The monoisotopic (exact) mass is 395 g/mol. The van der Waals surface area contributed by atoms with Crippen molar-refractivity contribution in [1.82, 2.24) is 4.31 Å². The largest absolute Gasteiger partial charge is 0.364 e. The number of nitrogens with zero attached hydrogens (tertiary/aromatic N) is 3. The minimum absolute atomic E-state index is 0.0145. The molecule has 0 aliphatic carbocycles. The van der Waals surface area contributed by atoms with Crippen LogP contribution < -0.4 is 4.90 Å². The highest BCUT2D eigenvalue weighted by Crippen LogP contribution is 2.33. The molecule has 3 rings (SSSR count). The highest BCUT2D eigenvalue weighted by atomic mass is 32.2. The fraction of sp³-hybridized carbons (Fsp3) is 0.412. The molecule has 0 amide bonds. The maximum absolute atomic E-state index is 12.8. The summed E-state index contributed by atoms with van der Waals surface area (Å²) in [6, 6.07) is 8.07. The van der Waals surface area contributed by atoms with Gasteiger partial charge in [0.25, 0.3) is 5.69 Å². The Labute approximate surface area is 157 Å². The number of nitro benzene ring substituents is 1. The standard InChI is InChI=1S/C17H21N3O4S2/c1-18(13-14-6-5-11-25-14)16-8-7-15(12-17(16)20(21)22)26(23,24)19-9-3-2-4-10-19/h5-8,11-12H,2-4,9-10,13H2,1H3. The van der Waals surface area contributed by atoms with E-state index in [0.29, 0.717) is 25.3 Å². The van der Waals surface area contributed by atoms with Gasteiger partial charge in [-0.2, -0.15) is 4.31 Å². The van der Waals surface area contributed by atoms with Crippen molar-refractivity contribution in [3.05, 3.63) is 50.7 Å². The third-order valence-corrected chi connectivity index (χ3v) is 7.24. The highest BCUT2D eigenvalue weighted by molar-refractivity contribution is 7.89. The Hall–Kier alpha value is -1.97. The van der Waals surface area contributed by atoms with E-state index in [-0.39, 0.29) is 10.6 Å². The molecule has 1 aromatic heterocycles. The first-order valence-electron chi connectivity index (χ1n) is 8.42. The number of benzene rings is 1. The molecule has 0 radical (unpaired) electrons. The number of rotatable bonds is 6. The zero-order chi connectivity index (χ0) is 18.7. The molecule has 0 atom stereocenters. The van der Waals surface area contributed by atoms with E-state index < -0.39 is 14.9 Å². The van der Waals surface area contributed by atoms with Crippen LogP contribution in [0.4, 0.5) is 11.4 Å². The Balaban J connectivity index is 1.92. The van der Waals surface area contributed by atoms with Gasteiger partial charge in [-0.25, -0.2) is 8.42 Å². The van der Waals surface area contributed by atoms with Crippen molar-refractivity contribution in [3.8, 4) is 0 Å². The minimum atomic E-state index is -3.70. The Bertz CT molecular complexity index is 875. The van der Waals surface area contributed by atoms with E-state index in [0.717, 1.165) is 24.1 Å². The van der Waals surface area contributed by atoms with Crippen LogP contribution >= 0.6 is 11.3 Å². The summed E-state index contributed by atoms with van der Waals surface area (Å²) in [7, 11) is -1.93. The van der Waals surface area contributed by atoms with Crippen molar-refractivity contribution < 1.29 is 13.3 Å². The first-order valence-corrected chi connectivity index (χ1v) is 10.7. The van der Waals surface area contributed by atoms with Crippen LogP contribution in [-0.4, -0.2) is 37.8 Å². The molecule has 0 unspecified atom stereocenters. The van der Waals surface area contributed by atoms with Crippen LogP contribution in [0.15, 0.2) is 40.6 Å². The zero-order valence-corrected chi connectivity index (χ0v) is 16.1. The second-order valence-corrected chi connectivity index (χ2v) is 9.28. The molecule has 26 heavy (non-hydrogen) atoms. The molecule has 1 aromatic carbocycles. The second-order valence-electron chi connectivity index (χ2n) is 6.31. The van der Waals surface area contributed by atoms with Gasteiger partial charge in [-0.05, 0) is 36.4 Å². The minimum Gasteiger partial charge on any atom is -0.364 e. The van der Waals surface area contributed by atoms with Crippen molar-refractivity contribution >= 4 is 32.7 Å². The molecule has 2 aromatic rings. The molecule has 7 nitrogen and oxygen atoms in total. The number of anilines is 1. The van der Waals surface area contributed by atoms with Crippen LogP contribution in [0, 0.1) is 10.1 Å². The van der Waals surface area contributed by atoms with Gasteiger partial charge in [-0.15, -0.1) is 11.3 Å². The van der Waals surface area contributed by atoms with Gasteiger partial charge in [0.1, 0.15) is 5.69 Å². The number of hydrogen-bond acceptors (Lipinski definition) is 6. The van der Waals surface area contributed by atoms with Crippen molar-refractivity contribution in [2.75, 3.05) is 25.0 Å². The third-order valence-electron chi connectivity index (χ3n) is 4.48. The average molecular weight is 396 g/mol. The first kappa shape index (κ1) is 18.8. The predicted molar refractivity (Wildman–Crippen MR) is 102 cm³/mol.